The van der Waals surface area contributed by atoms with E-state index in [-0.39, 0.29) is 0 Å². The van der Waals surface area contributed by atoms with Crippen molar-refractivity contribution in [2.24, 2.45) is 5.92 Å². The van der Waals surface area contributed by atoms with E-state index in [1.807, 2.05) is 0 Å². The fourth-order valence-electron chi connectivity index (χ4n) is 1.50. The summed E-state index contributed by atoms with van der Waals surface area (Å²) in [5.41, 5.74) is 0.727. The minimum Gasteiger partial charge on any atom is -0.316 e. The van der Waals surface area contributed by atoms with Gasteiger partial charge in [0.05, 0.1) is 0 Å². The molecule has 1 fully saturated rings. The molecule has 1 aliphatic heterocycles. The van der Waals surface area contributed by atoms with Crippen molar-refractivity contribution in [2.45, 2.75) is 5.75 Å². The van der Waals surface area contributed by atoms with Gasteiger partial charge in [-0.3, -0.25) is 0 Å². The zero-order valence-corrected chi connectivity index (χ0v) is 9.12. The SMILES string of the molecule is Fc1cc(F)cc(CSCC2CNC2)c1. The van der Waals surface area contributed by atoms with Gasteiger partial charge in [0.25, 0.3) is 0 Å². The number of thioether (sulfide) groups is 1. The van der Waals surface area contributed by atoms with Gasteiger partial charge < -0.3 is 5.32 Å². The van der Waals surface area contributed by atoms with Gasteiger partial charge in [-0.05, 0) is 42.5 Å². The predicted molar refractivity (Wildman–Crippen MR) is 58.9 cm³/mol. The summed E-state index contributed by atoms with van der Waals surface area (Å²) < 4.78 is 25.7. The molecule has 15 heavy (non-hydrogen) atoms. The molecule has 1 N–H and O–H groups in total. The van der Waals surface area contributed by atoms with E-state index in [1.54, 1.807) is 11.8 Å². The third-order valence-corrected chi connectivity index (χ3v) is 3.66. The van der Waals surface area contributed by atoms with Crippen molar-refractivity contribution in [1.29, 1.82) is 0 Å². The molecule has 1 aromatic carbocycles. The van der Waals surface area contributed by atoms with Gasteiger partial charge in [-0.1, -0.05) is 0 Å². The molecule has 82 valence electrons. The van der Waals surface area contributed by atoms with E-state index >= 15 is 0 Å². The maximum Gasteiger partial charge on any atom is 0.126 e. The molecule has 1 aromatic rings. The number of rotatable bonds is 4. The van der Waals surface area contributed by atoms with Gasteiger partial charge in [-0.2, -0.15) is 11.8 Å². The minimum absolute atomic E-state index is 0.490. The Morgan fingerprint density at radius 2 is 1.87 bits per heavy atom. The molecule has 0 amide bonds. The highest BCUT2D eigenvalue weighted by Crippen LogP contribution is 2.19. The molecule has 0 aromatic heterocycles. The Kier molecular flexibility index (Phi) is 3.59. The molecule has 1 nitrogen and oxygen atoms in total. The van der Waals surface area contributed by atoms with Crippen molar-refractivity contribution in [2.75, 3.05) is 18.8 Å². The van der Waals surface area contributed by atoms with Crippen LogP contribution in [-0.2, 0) is 5.75 Å². The van der Waals surface area contributed by atoms with Crippen LogP contribution in [0.3, 0.4) is 0 Å². The summed E-state index contributed by atoms with van der Waals surface area (Å²) in [7, 11) is 0. The predicted octanol–water partition coefficient (Wildman–Crippen LogP) is 2.42. The largest absolute Gasteiger partial charge is 0.316 e. The first-order valence-electron chi connectivity index (χ1n) is 4.97. The normalized spacial score (nSPS) is 16.4. The molecule has 4 heteroatoms. The van der Waals surface area contributed by atoms with E-state index in [2.05, 4.69) is 5.32 Å². The Morgan fingerprint density at radius 3 is 2.40 bits per heavy atom. The summed E-state index contributed by atoms with van der Waals surface area (Å²) in [6.45, 7) is 2.15. The maximum atomic E-state index is 12.8. The summed E-state index contributed by atoms with van der Waals surface area (Å²) in [6.07, 6.45) is 0. The second-order valence-electron chi connectivity index (χ2n) is 3.82. The fraction of sp³-hybridized carbons (Fsp3) is 0.455. The van der Waals surface area contributed by atoms with Crippen LogP contribution in [0.25, 0.3) is 0 Å². The lowest BCUT2D eigenvalue weighted by atomic mass is 10.1. The third-order valence-electron chi connectivity index (χ3n) is 2.41. The second kappa shape index (κ2) is 4.94. The van der Waals surface area contributed by atoms with E-state index in [0.717, 1.165) is 36.4 Å². The van der Waals surface area contributed by atoms with Gasteiger partial charge in [0.1, 0.15) is 11.6 Å². The highest BCUT2D eigenvalue weighted by Gasteiger charge is 2.15. The molecule has 1 aliphatic rings. The summed E-state index contributed by atoms with van der Waals surface area (Å²) in [5.74, 6) is 1.50. The van der Waals surface area contributed by atoms with E-state index in [1.165, 1.54) is 12.1 Å². The van der Waals surface area contributed by atoms with Crippen LogP contribution in [0.2, 0.25) is 0 Å². The summed E-state index contributed by atoms with van der Waals surface area (Å²) >= 11 is 1.73. The molecule has 0 atom stereocenters. The molecule has 2 rings (SSSR count). The van der Waals surface area contributed by atoms with Crippen molar-refractivity contribution >= 4 is 11.8 Å². The highest BCUT2D eigenvalue weighted by atomic mass is 32.2. The molecule has 0 aliphatic carbocycles. The van der Waals surface area contributed by atoms with E-state index < -0.39 is 11.6 Å². The van der Waals surface area contributed by atoms with Gasteiger partial charge in [0, 0.05) is 11.8 Å². The van der Waals surface area contributed by atoms with Crippen LogP contribution in [-0.4, -0.2) is 18.8 Å². The first kappa shape index (κ1) is 10.9. The van der Waals surface area contributed by atoms with Crippen molar-refractivity contribution in [1.82, 2.24) is 5.32 Å². The number of hydrogen-bond acceptors (Lipinski definition) is 2. The van der Waals surface area contributed by atoms with Crippen molar-refractivity contribution < 1.29 is 8.78 Å². The summed E-state index contributed by atoms with van der Waals surface area (Å²) in [4.78, 5) is 0. The number of halogens is 2. The lowest BCUT2D eigenvalue weighted by Gasteiger charge is -2.26. The van der Waals surface area contributed by atoms with Gasteiger partial charge >= 0.3 is 0 Å². The Bertz CT molecular complexity index is 319. The van der Waals surface area contributed by atoms with Crippen LogP contribution in [0.4, 0.5) is 8.78 Å². The molecule has 0 bridgehead atoms. The lowest BCUT2D eigenvalue weighted by Crippen LogP contribution is -2.43. The Balaban J connectivity index is 1.81. The van der Waals surface area contributed by atoms with Crippen LogP contribution >= 0.6 is 11.8 Å². The minimum atomic E-state index is -0.490. The molecule has 1 saturated heterocycles. The molecular weight excluding hydrogens is 216 g/mol. The van der Waals surface area contributed by atoms with Gasteiger partial charge in [-0.25, -0.2) is 8.78 Å². The Hall–Kier alpha value is -0.610. The average Bonchev–Trinajstić information content (AvgIpc) is 2.07. The van der Waals surface area contributed by atoms with E-state index in [9.17, 15) is 8.78 Å². The first-order chi connectivity index (χ1) is 7.24. The van der Waals surface area contributed by atoms with Crippen LogP contribution < -0.4 is 5.32 Å². The summed E-state index contributed by atoms with van der Waals surface area (Å²) in [6, 6.07) is 3.70. The smallest absolute Gasteiger partial charge is 0.126 e. The Morgan fingerprint density at radius 1 is 1.20 bits per heavy atom. The fourth-order valence-corrected chi connectivity index (χ4v) is 2.59. The molecule has 0 unspecified atom stereocenters. The van der Waals surface area contributed by atoms with Crippen LogP contribution in [0.15, 0.2) is 18.2 Å². The monoisotopic (exact) mass is 229 g/mol. The number of nitrogens with one attached hydrogen (secondary N) is 1. The zero-order chi connectivity index (χ0) is 10.7. The zero-order valence-electron chi connectivity index (χ0n) is 8.30. The van der Waals surface area contributed by atoms with Crippen molar-refractivity contribution in [3.63, 3.8) is 0 Å². The lowest BCUT2D eigenvalue weighted by molar-refractivity contribution is 0.385. The van der Waals surface area contributed by atoms with E-state index in [4.69, 9.17) is 0 Å². The van der Waals surface area contributed by atoms with Crippen LogP contribution in [0.1, 0.15) is 5.56 Å². The number of benzene rings is 1. The average molecular weight is 229 g/mol. The topological polar surface area (TPSA) is 12.0 Å². The molecule has 0 saturated carbocycles. The van der Waals surface area contributed by atoms with Gasteiger partial charge in [0.15, 0.2) is 0 Å². The summed E-state index contributed by atoms with van der Waals surface area (Å²) in [5, 5.41) is 3.19. The number of hydrogen-bond donors (Lipinski definition) is 1. The molecule has 0 radical (unpaired) electrons. The standard InChI is InChI=1S/C11H13F2NS/c12-10-1-8(2-11(13)3-10)6-15-7-9-4-14-5-9/h1-3,9,14H,4-7H2. The van der Waals surface area contributed by atoms with Gasteiger partial charge in [0.2, 0.25) is 0 Å². The quantitative estimate of drug-likeness (QED) is 0.851. The molecule has 0 spiro atoms. The maximum absolute atomic E-state index is 12.8. The Labute approximate surface area is 92.3 Å². The van der Waals surface area contributed by atoms with Crippen molar-refractivity contribution in [3.8, 4) is 0 Å². The highest BCUT2D eigenvalue weighted by molar-refractivity contribution is 7.98. The third kappa shape index (κ3) is 3.18. The second-order valence-corrected chi connectivity index (χ2v) is 4.85. The van der Waals surface area contributed by atoms with Crippen LogP contribution in [0.5, 0.6) is 0 Å². The first-order valence-corrected chi connectivity index (χ1v) is 6.13. The molecular formula is C11H13F2NS. The molecule has 1 heterocycles. The van der Waals surface area contributed by atoms with Crippen molar-refractivity contribution in [3.05, 3.63) is 35.4 Å². The van der Waals surface area contributed by atoms with Gasteiger partial charge in [-0.15, -0.1) is 0 Å². The van der Waals surface area contributed by atoms with E-state index in [0.29, 0.717) is 5.75 Å². The van der Waals surface area contributed by atoms with Crippen LogP contribution in [0, 0.1) is 17.6 Å².